The predicted molar refractivity (Wildman–Crippen MR) is 90.2 cm³/mol. The third-order valence-electron chi connectivity index (χ3n) is 5.05. The Balaban J connectivity index is 1.69. The number of aromatic nitrogens is 2. The second kappa shape index (κ2) is 6.54. The van der Waals surface area contributed by atoms with E-state index in [1.54, 1.807) is 0 Å². The van der Waals surface area contributed by atoms with Crippen molar-refractivity contribution < 1.29 is 4.79 Å². The fourth-order valence-corrected chi connectivity index (χ4v) is 3.35. The lowest BCUT2D eigenvalue weighted by Gasteiger charge is -2.31. The van der Waals surface area contributed by atoms with Crippen molar-refractivity contribution in [3.05, 3.63) is 48.3 Å². The minimum Gasteiger partial charge on any atom is -0.354 e. The van der Waals surface area contributed by atoms with E-state index >= 15 is 0 Å². The first-order valence-electron chi connectivity index (χ1n) is 8.29. The Hall–Kier alpha value is -2.14. The third kappa shape index (κ3) is 3.01. The quantitative estimate of drug-likeness (QED) is 0.860. The van der Waals surface area contributed by atoms with Crippen LogP contribution in [0, 0.1) is 5.41 Å². The molecule has 2 heterocycles. The fraction of sp³-hybridized carbons (Fsp3) is 0.444. The number of hydrogen-bond donors (Lipinski definition) is 2. The Kier molecular flexibility index (Phi) is 4.48. The molecule has 1 atom stereocenters. The zero-order chi connectivity index (χ0) is 16.3. The van der Waals surface area contributed by atoms with Gasteiger partial charge in [-0.1, -0.05) is 32.0 Å². The normalized spacial score (nSPS) is 19.7. The monoisotopic (exact) mass is 312 g/mol. The molecule has 3 rings (SSSR count). The summed E-state index contributed by atoms with van der Waals surface area (Å²) in [6.45, 7) is 5.67. The van der Waals surface area contributed by atoms with Crippen LogP contribution in [0.2, 0.25) is 0 Å². The topological polar surface area (TPSA) is 59.0 Å². The van der Waals surface area contributed by atoms with Crippen LogP contribution in [0.15, 0.2) is 42.6 Å². The van der Waals surface area contributed by atoms with Crippen molar-refractivity contribution in [1.29, 1.82) is 0 Å². The van der Waals surface area contributed by atoms with Crippen LogP contribution >= 0.6 is 0 Å². The van der Waals surface area contributed by atoms with Crippen molar-refractivity contribution >= 4 is 5.91 Å². The maximum absolute atomic E-state index is 12.2. The first-order valence-corrected chi connectivity index (χ1v) is 8.29. The van der Waals surface area contributed by atoms with Crippen LogP contribution < -0.4 is 10.6 Å². The Morgan fingerprint density at radius 3 is 2.70 bits per heavy atom. The number of amides is 1. The van der Waals surface area contributed by atoms with Gasteiger partial charge in [0.25, 0.3) is 0 Å². The standard InChI is InChI=1S/C18H24N4O/c1-3-18(4-2)13-20-17(23)16(18)19-12-14-10-11-22(21-14)15-8-6-5-7-9-15/h5-11,16,19H,3-4,12-13H2,1-2H3,(H,20,23). The molecule has 1 unspecified atom stereocenters. The molecule has 1 aliphatic heterocycles. The SMILES string of the molecule is CCC1(CC)CNC(=O)C1NCc1ccn(-c2ccccc2)n1. The van der Waals surface area contributed by atoms with Crippen molar-refractivity contribution in [3.8, 4) is 5.69 Å². The van der Waals surface area contributed by atoms with E-state index in [0.717, 1.165) is 30.8 Å². The van der Waals surface area contributed by atoms with Crippen LogP contribution in [-0.2, 0) is 11.3 Å². The van der Waals surface area contributed by atoms with Gasteiger partial charge in [0.05, 0.1) is 17.4 Å². The third-order valence-corrected chi connectivity index (χ3v) is 5.05. The van der Waals surface area contributed by atoms with Gasteiger partial charge in [-0.3, -0.25) is 10.1 Å². The Morgan fingerprint density at radius 2 is 2.00 bits per heavy atom. The van der Waals surface area contributed by atoms with E-state index in [4.69, 9.17) is 0 Å². The van der Waals surface area contributed by atoms with Gasteiger partial charge in [0, 0.05) is 24.7 Å². The summed E-state index contributed by atoms with van der Waals surface area (Å²) in [5, 5.41) is 11.0. The summed E-state index contributed by atoms with van der Waals surface area (Å²) in [5.41, 5.74) is 1.99. The molecule has 1 aliphatic rings. The minimum absolute atomic E-state index is 0.0130. The van der Waals surface area contributed by atoms with Gasteiger partial charge in [-0.2, -0.15) is 5.10 Å². The number of carbonyl (C=O) groups is 1. The van der Waals surface area contributed by atoms with Gasteiger partial charge in [-0.25, -0.2) is 4.68 Å². The Morgan fingerprint density at radius 1 is 1.26 bits per heavy atom. The van der Waals surface area contributed by atoms with Crippen molar-refractivity contribution in [2.45, 2.75) is 39.3 Å². The second-order valence-corrected chi connectivity index (χ2v) is 6.19. The van der Waals surface area contributed by atoms with E-state index in [-0.39, 0.29) is 17.4 Å². The summed E-state index contributed by atoms with van der Waals surface area (Å²) in [7, 11) is 0. The number of nitrogens with one attached hydrogen (secondary N) is 2. The highest BCUT2D eigenvalue weighted by Gasteiger charge is 2.45. The van der Waals surface area contributed by atoms with E-state index in [2.05, 4.69) is 29.6 Å². The lowest BCUT2D eigenvalue weighted by atomic mass is 9.77. The Labute approximate surface area is 137 Å². The van der Waals surface area contributed by atoms with Gasteiger partial charge in [0.2, 0.25) is 5.91 Å². The second-order valence-electron chi connectivity index (χ2n) is 6.19. The molecule has 0 bridgehead atoms. The van der Waals surface area contributed by atoms with E-state index in [1.807, 2.05) is 47.3 Å². The van der Waals surface area contributed by atoms with E-state index in [9.17, 15) is 4.79 Å². The van der Waals surface area contributed by atoms with E-state index in [1.165, 1.54) is 0 Å². The zero-order valence-electron chi connectivity index (χ0n) is 13.7. The summed E-state index contributed by atoms with van der Waals surface area (Å²) >= 11 is 0. The lowest BCUT2D eigenvalue weighted by molar-refractivity contribution is -0.122. The van der Waals surface area contributed by atoms with Gasteiger partial charge >= 0.3 is 0 Å². The van der Waals surface area contributed by atoms with Gasteiger partial charge in [-0.05, 0) is 31.0 Å². The molecule has 5 nitrogen and oxygen atoms in total. The van der Waals surface area contributed by atoms with Crippen molar-refractivity contribution in [2.75, 3.05) is 6.54 Å². The number of rotatable bonds is 6. The smallest absolute Gasteiger partial charge is 0.237 e. The highest BCUT2D eigenvalue weighted by molar-refractivity contribution is 5.85. The van der Waals surface area contributed by atoms with Crippen LogP contribution in [0.3, 0.4) is 0 Å². The van der Waals surface area contributed by atoms with Crippen LogP contribution in [-0.4, -0.2) is 28.3 Å². The van der Waals surface area contributed by atoms with Crippen molar-refractivity contribution in [3.63, 3.8) is 0 Å². The number of nitrogens with zero attached hydrogens (tertiary/aromatic N) is 2. The average molecular weight is 312 g/mol. The molecule has 0 aliphatic carbocycles. The summed E-state index contributed by atoms with van der Waals surface area (Å²) in [5.74, 6) is 0.108. The highest BCUT2D eigenvalue weighted by atomic mass is 16.2. The van der Waals surface area contributed by atoms with Crippen molar-refractivity contribution in [2.24, 2.45) is 5.41 Å². The van der Waals surface area contributed by atoms with Gasteiger partial charge in [-0.15, -0.1) is 0 Å². The van der Waals surface area contributed by atoms with Crippen LogP contribution in [0.5, 0.6) is 0 Å². The zero-order valence-corrected chi connectivity index (χ0v) is 13.7. The molecule has 122 valence electrons. The molecular formula is C18H24N4O. The largest absolute Gasteiger partial charge is 0.354 e. The molecule has 0 saturated carbocycles. The van der Waals surface area contributed by atoms with E-state index in [0.29, 0.717) is 6.54 Å². The molecule has 1 amide bonds. The molecule has 1 aromatic heterocycles. The summed E-state index contributed by atoms with van der Waals surface area (Å²) in [6, 6.07) is 11.9. The average Bonchev–Trinajstić information content (AvgIpc) is 3.19. The number of benzene rings is 1. The number of hydrogen-bond acceptors (Lipinski definition) is 3. The first kappa shape index (κ1) is 15.7. The summed E-state index contributed by atoms with van der Waals surface area (Å²) in [6.07, 6.45) is 3.92. The molecule has 1 fully saturated rings. The maximum Gasteiger partial charge on any atom is 0.237 e. The Bertz CT molecular complexity index is 661. The van der Waals surface area contributed by atoms with Crippen LogP contribution in [0.4, 0.5) is 0 Å². The highest BCUT2D eigenvalue weighted by Crippen LogP contribution is 2.34. The van der Waals surface area contributed by atoms with Crippen LogP contribution in [0.25, 0.3) is 5.69 Å². The molecular weight excluding hydrogens is 288 g/mol. The molecule has 5 heteroatoms. The number of para-hydroxylation sites is 1. The lowest BCUT2D eigenvalue weighted by Crippen LogP contribution is -2.46. The van der Waals surface area contributed by atoms with Gasteiger partial charge in [0.1, 0.15) is 0 Å². The van der Waals surface area contributed by atoms with Gasteiger partial charge in [0.15, 0.2) is 0 Å². The fourth-order valence-electron chi connectivity index (χ4n) is 3.35. The first-order chi connectivity index (χ1) is 11.2. The molecule has 2 N–H and O–H groups in total. The molecule has 0 radical (unpaired) electrons. The van der Waals surface area contributed by atoms with Gasteiger partial charge < -0.3 is 5.32 Å². The van der Waals surface area contributed by atoms with Crippen molar-refractivity contribution in [1.82, 2.24) is 20.4 Å². The summed E-state index contributed by atoms with van der Waals surface area (Å²) < 4.78 is 1.86. The number of carbonyl (C=O) groups excluding carboxylic acids is 1. The van der Waals surface area contributed by atoms with E-state index < -0.39 is 0 Å². The molecule has 1 aromatic carbocycles. The molecule has 2 aromatic rings. The molecule has 0 spiro atoms. The summed E-state index contributed by atoms with van der Waals surface area (Å²) in [4.78, 5) is 12.2. The molecule has 1 saturated heterocycles. The van der Waals surface area contributed by atoms with Crippen LogP contribution in [0.1, 0.15) is 32.4 Å². The molecule has 23 heavy (non-hydrogen) atoms. The maximum atomic E-state index is 12.2. The minimum atomic E-state index is -0.139. The predicted octanol–water partition coefficient (Wildman–Crippen LogP) is 2.27.